The van der Waals surface area contributed by atoms with Crippen molar-refractivity contribution in [2.45, 2.75) is 26.3 Å². The zero-order valence-corrected chi connectivity index (χ0v) is 16.3. The molecule has 6 nitrogen and oxygen atoms in total. The third-order valence-corrected chi connectivity index (χ3v) is 5.70. The fourth-order valence-corrected chi connectivity index (χ4v) is 4.00. The Morgan fingerprint density at radius 1 is 1.30 bits per heavy atom. The van der Waals surface area contributed by atoms with Crippen LogP contribution in [0.3, 0.4) is 0 Å². The number of aromatic nitrogens is 3. The number of rotatable bonds is 5. The highest BCUT2D eigenvalue weighted by Gasteiger charge is 2.21. The molecule has 0 spiro atoms. The second kappa shape index (κ2) is 7.80. The van der Waals surface area contributed by atoms with Gasteiger partial charge in [0.25, 0.3) is 0 Å². The first-order valence-corrected chi connectivity index (χ1v) is 9.93. The Bertz CT molecular complexity index is 972. The topological polar surface area (TPSA) is 68.2 Å². The SMILES string of the molecule is Cc1nnc(-c2ccc3cnc(CC(=O)CN4CCOC[C@@H]4C)cc3c2)s1. The molecule has 1 saturated heterocycles. The molecule has 0 bridgehead atoms. The lowest BCUT2D eigenvalue weighted by Crippen LogP contribution is -2.46. The predicted octanol–water partition coefficient (Wildman–Crippen LogP) is 2.89. The summed E-state index contributed by atoms with van der Waals surface area (Å²) in [7, 11) is 0. The summed E-state index contributed by atoms with van der Waals surface area (Å²) >= 11 is 1.58. The van der Waals surface area contributed by atoms with E-state index < -0.39 is 0 Å². The Morgan fingerprint density at radius 3 is 2.96 bits per heavy atom. The molecule has 1 atom stereocenters. The van der Waals surface area contributed by atoms with E-state index >= 15 is 0 Å². The quantitative estimate of drug-likeness (QED) is 0.676. The van der Waals surface area contributed by atoms with Crippen molar-refractivity contribution >= 4 is 27.9 Å². The van der Waals surface area contributed by atoms with Crippen LogP contribution in [0.15, 0.2) is 30.5 Å². The third-order valence-electron chi connectivity index (χ3n) is 4.81. The Labute approximate surface area is 162 Å². The van der Waals surface area contributed by atoms with Crippen LogP contribution in [0.1, 0.15) is 17.6 Å². The van der Waals surface area contributed by atoms with Gasteiger partial charge in [-0.3, -0.25) is 14.7 Å². The minimum absolute atomic E-state index is 0.187. The molecule has 1 aliphatic heterocycles. The highest BCUT2D eigenvalue weighted by Crippen LogP contribution is 2.27. The van der Waals surface area contributed by atoms with Crippen molar-refractivity contribution in [3.63, 3.8) is 0 Å². The molecular weight excluding hydrogens is 360 g/mol. The average Bonchev–Trinajstić information content (AvgIpc) is 3.09. The van der Waals surface area contributed by atoms with Gasteiger partial charge < -0.3 is 4.74 Å². The van der Waals surface area contributed by atoms with Crippen molar-refractivity contribution < 1.29 is 9.53 Å². The van der Waals surface area contributed by atoms with E-state index in [2.05, 4.69) is 33.1 Å². The fraction of sp³-hybridized carbons (Fsp3) is 0.400. The fourth-order valence-electron chi connectivity index (χ4n) is 3.31. The zero-order valence-electron chi connectivity index (χ0n) is 15.5. The van der Waals surface area contributed by atoms with Gasteiger partial charge in [-0.2, -0.15) is 0 Å². The van der Waals surface area contributed by atoms with E-state index in [1.165, 1.54) is 0 Å². The van der Waals surface area contributed by atoms with E-state index in [4.69, 9.17) is 4.74 Å². The summed E-state index contributed by atoms with van der Waals surface area (Å²) in [5, 5.41) is 12.3. The molecule has 1 fully saturated rings. The minimum atomic E-state index is 0.187. The average molecular weight is 382 g/mol. The molecule has 0 aliphatic carbocycles. The molecule has 0 N–H and O–H groups in total. The number of carbonyl (C=O) groups is 1. The summed E-state index contributed by atoms with van der Waals surface area (Å²) in [5.74, 6) is 0.187. The lowest BCUT2D eigenvalue weighted by molar-refractivity contribution is -0.121. The first-order chi connectivity index (χ1) is 13.1. The van der Waals surface area contributed by atoms with E-state index in [0.29, 0.717) is 26.2 Å². The molecule has 0 unspecified atom stereocenters. The molecule has 0 saturated carbocycles. The van der Waals surface area contributed by atoms with Crippen molar-refractivity contribution in [2.75, 3.05) is 26.3 Å². The summed E-state index contributed by atoms with van der Waals surface area (Å²) in [4.78, 5) is 19.2. The van der Waals surface area contributed by atoms with Gasteiger partial charge in [0.1, 0.15) is 10.0 Å². The molecule has 3 aromatic rings. The molecule has 140 valence electrons. The Balaban J connectivity index is 1.51. The maximum absolute atomic E-state index is 12.5. The summed E-state index contributed by atoms with van der Waals surface area (Å²) in [6.07, 6.45) is 2.19. The number of nitrogens with zero attached hydrogens (tertiary/aromatic N) is 4. The number of fused-ring (bicyclic) bond motifs is 1. The number of ether oxygens (including phenoxy) is 1. The van der Waals surface area contributed by atoms with Crippen LogP contribution in [0.4, 0.5) is 0 Å². The molecule has 3 heterocycles. The van der Waals surface area contributed by atoms with Crippen LogP contribution in [-0.2, 0) is 16.0 Å². The normalized spacial score (nSPS) is 18.1. The number of hydrogen-bond acceptors (Lipinski definition) is 7. The Hall–Kier alpha value is -2.22. The van der Waals surface area contributed by atoms with Gasteiger partial charge in [0.15, 0.2) is 5.78 Å². The third kappa shape index (κ3) is 4.21. The van der Waals surface area contributed by atoms with E-state index in [1.807, 2.05) is 31.3 Å². The van der Waals surface area contributed by atoms with Crippen LogP contribution in [0.5, 0.6) is 0 Å². The largest absolute Gasteiger partial charge is 0.379 e. The number of carbonyl (C=O) groups excluding carboxylic acids is 1. The maximum Gasteiger partial charge on any atom is 0.152 e. The van der Waals surface area contributed by atoms with Crippen molar-refractivity contribution in [1.82, 2.24) is 20.1 Å². The van der Waals surface area contributed by atoms with Gasteiger partial charge in [0.05, 0.1) is 26.2 Å². The number of Topliss-reactive ketones (excluding diaryl/α,β-unsaturated/α-hetero) is 1. The van der Waals surface area contributed by atoms with Gasteiger partial charge in [-0.25, -0.2) is 0 Å². The lowest BCUT2D eigenvalue weighted by atomic mass is 10.1. The molecule has 27 heavy (non-hydrogen) atoms. The Kier molecular flexibility index (Phi) is 5.24. The van der Waals surface area contributed by atoms with Crippen LogP contribution in [-0.4, -0.2) is 58.2 Å². The van der Waals surface area contributed by atoms with Gasteiger partial charge in [0, 0.05) is 35.4 Å². The van der Waals surface area contributed by atoms with Crippen molar-refractivity contribution in [3.8, 4) is 10.6 Å². The number of aryl methyl sites for hydroxylation is 1. The van der Waals surface area contributed by atoms with Crippen LogP contribution < -0.4 is 0 Å². The summed E-state index contributed by atoms with van der Waals surface area (Å²) in [6.45, 7) is 6.69. The summed E-state index contributed by atoms with van der Waals surface area (Å²) in [6, 6.07) is 8.46. The lowest BCUT2D eigenvalue weighted by Gasteiger charge is -2.32. The summed E-state index contributed by atoms with van der Waals surface area (Å²) in [5.41, 5.74) is 1.85. The van der Waals surface area contributed by atoms with Crippen LogP contribution in [0.2, 0.25) is 0 Å². The maximum atomic E-state index is 12.5. The van der Waals surface area contributed by atoms with E-state index in [9.17, 15) is 4.79 Å². The van der Waals surface area contributed by atoms with Crippen molar-refractivity contribution in [1.29, 1.82) is 0 Å². The number of morpholine rings is 1. The Morgan fingerprint density at radius 2 is 2.19 bits per heavy atom. The number of benzene rings is 1. The molecule has 1 aromatic carbocycles. The molecule has 2 aromatic heterocycles. The first kappa shape index (κ1) is 18.2. The van der Waals surface area contributed by atoms with Gasteiger partial charge in [0.2, 0.25) is 0 Å². The van der Waals surface area contributed by atoms with E-state index in [-0.39, 0.29) is 11.8 Å². The molecule has 4 rings (SSSR count). The van der Waals surface area contributed by atoms with Gasteiger partial charge >= 0.3 is 0 Å². The van der Waals surface area contributed by atoms with Crippen LogP contribution >= 0.6 is 11.3 Å². The van der Waals surface area contributed by atoms with Gasteiger partial charge in [-0.1, -0.05) is 23.5 Å². The van der Waals surface area contributed by atoms with Crippen LogP contribution in [0.25, 0.3) is 21.3 Å². The highest BCUT2D eigenvalue weighted by atomic mass is 32.1. The molecule has 0 radical (unpaired) electrons. The number of pyridine rings is 1. The highest BCUT2D eigenvalue weighted by molar-refractivity contribution is 7.14. The van der Waals surface area contributed by atoms with Gasteiger partial charge in [-0.05, 0) is 31.4 Å². The van der Waals surface area contributed by atoms with Gasteiger partial charge in [-0.15, -0.1) is 10.2 Å². The van der Waals surface area contributed by atoms with E-state index in [1.54, 1.807) is 11.3 Å². The number of hydrogen-bond donors (Lipinski definition) is 0. The minimum Gasteiger partial charge on any atom is -0.379 e. The number of ketones is 1. The predicted molar refractivity (Wildman–Crippen MR) is 106 cm³/mol. The molecule has 7 heteroatoms. The standard InChI is InChI=1S/C20H22N4O2S/c1-13-12-26-6-5-24(13)11-19(25)9-18-8-17-7-15(3-4-16(17)10-21-18)20-23-22-14(2)27-20/h3-4,7-8,10,13H,5-6,9,11-12H2,1-2H3/t13-/m0/s1. The second-order valence-electron chi connectivity index (χ2n) is 6.97. The van der Waals surface area contributed by atoms with Crippen molar-refractivity contribution in [3.05, 3.63) is 41.2 Å². The first-order valence-electron chi connectivity index (χ1n) is 9.11. The second-order valence-corrected chi connectivity index (χ2v) is 8.16. The molecule has 0 amide bonds. The molecule has 1 aliphatic rings. The molecular formula is C20H22N4O2S. The van der Waals surface area contributed by atoms with Crippen molar-refractivity contribution in [2.24, 2.45) is 0 Å². The zero-order chi connectivity index (χ0) is 18.8. The summed E-state index contributed by atoms with van der Waals surface area (Å²) < 4.78 is 5.44. The smallest absolute Gasteiger partial charge is 0.152 e. The monoisotopic (exact) mass is 382 g/mol. The van der Waals surface area contributed by atoms with E-state index in [0.717, 1.165) is 38.6 Å². The van der Waals surface area contributed by atoms with Crippen LogP contribution in [0, 0.1) is 6.92 Å².